The summed E-state index contributed by atoms with van der Waals surface area (Å²) in [5.41, 5.74) is 2.41. The highest BCUT2D eigenvalue weighted by Gasteiger charge is 2.35. The number of Topliss-reactive ketones (excluding diaryl/α,β-unsaturated/α-hetero) is 1. The minimum absolute atomic E-state index is 0.128. The van der Waals surface area contributed by atoms with Crippen molar-refractivity contribution in [1.29, 1.82) is 0 Å². The Hall–Kier alpha value is -1.51. The van der Waals surface area contributed by atoms with E-state index in [1.807, 2.05) is 43.3 Å². The van der Waals surface area contributed by atoms with E-state index in [2.05, 4.69) is 53.1 Å². The third-order valence-corrected chi connectivity index (χ3v) is 7.06. The summed E-state index contributed by atoms with van der Waals surface area (Å²) >= 11 is 10.3. The molecule has 3 rings (SSSR count). The van der Waals surface area contributed by atoms with Crippen LogP contribution >= 0.6 is 47.8 Å². The van der Waals surface area contributed by atoms with Gasteiger partial charge in [0.25, 0.3) is 0 Å². The van der Waals surface area contributed by atoms with Crippen LogP contribution in [0.2, 0.25) is 0 Å². The summed E-state index contributed by atoms with van der Waals surface area (Å²) in [4.78, 5) is 12.0. The van der Waals surface area contributed by atoms with E-state index in [4.69, 9.17) is 4.52 Å². The van der Waals surface area contributed by atoms with E-state index < -0.39 is 16.6 Å². The molecule has 0 aliphatic carbocycles. The largest absolute Gasteiger partial charge is 0.539 e. The number of halogens is 3. The van der Waals surface area contributed by atoms with Gasteiger partial charge in [-0.2, -0.15) is 0 Å². The van der Waals surface area contributed by atoms with Crippen molar-refractivity contribution in [2.75, 3.05) is 0 Å². The molecule has 0 radical (unpaired) electrons. The Kier molecular flexibility index (Phi) is 5.94. The molecule has 3 aromatic rings. The predicted molar refractivity (Wildman–Crippen MR) is 105 cm³/mol. The number of ketones is 1. The molecular weight excluding hydrogens is 532 g/mol. The van der Waals surface area contributed by atoms with E-state index >= 15 is 0 Å². The Morgan fingerprint density at radius 3 is 2.35 bits per heavy atom. The fourth-order valence-electron chi connectivity index (χ4n) is 2.39. The zero-order chi connectivity index (χ0) is 18.8. The predicted octanol–water partition coefficient (Wildman–Crippen LogP) is 4.18. The summed E-state index contributed by atoms with van der Waals surface area (Å²) in [5.74, 6) is -1.18. The molecule has 0 N–H and O–H groups in total. The van der Waals surface area contributed by atoms with Crippen LogP contribution in [-0.4, -0.2) is 15.9 Å². The highest BCUT2D eigenvalue weighted by Crippen LogP contribution is 2.34. The SMILES string of the molecule is Cc1ccc(-[n+]2noc([O-])c2C(=O)C(Br)C(Br)c2ccc(Br)cc2)cc1. The van der Waals surface area contributed by atoms with Crippen LogP contribution in [0.25, 0.3) is 5.69 Å². The van der Waals surface area contributed by atoms with E-state index in [9.17, 15) is 9.90 Å². The van der Waals surface area contributed by atoms with Gasteiger partial charge in [0.15, 0.2) is 5.95 Å². The molecule has 0 bridgehead atoms. The van der Waals surface area contributed by atoms with Gasteiger partial charge in [-0.1, -0.05) is 77.6 Å². The van der Waals surface area contributed by atoms with Crippen molar-refractivity contribution in [3.8, 4) is 11.6 Å². The molecule has 0 amide bonds. The second-order valence-electron chi connectivity index (χ2n) is 5.68. The van der Waals surface area contributed by atoms with Crippen molar-refractivity contribution in [1.82, 2.24) is 5.27 Å². The minimum atomic E-state index is -0.768. The molecule has 2 aromatic carbocycles. The van der Waals surface area contributed by atoms with Gasteiger partial charge >= 0.3 is 5.69 Å². The average Bonchev–Trinajstić information content (AvgIpc) is 3.02. The number of hydrogen-bond donors (Lipinski definition) is 0. The first-order valence-electron chi connectivity index (χ1n) is 7.62. The first-order chi connectivity index (χ1) is 12.4. The summed E-state index contributed by atoms with van der Waals surface area (Å²) < 4.78 is 6.92. The van der Waals surface area contributed by atoms with Crippen LogP contribution in [-0.2, 0) is 0 Å². The lowest BCUT2D eigenvalue weighted by Crippen LogP contribution is -2.41. The van der Waals surface area contributed by atoms with Crippen molar-refractivity contribution >= 4 is 53.6 Å². The molecule has 26 heavy (non-hydrogen) atoms. The molecule has 1 heterocycles. The second-order valence-corrected chi connectivity index (χ2v) is 8.56. The van der Waals surface area contributed by atoms with Crippen LogP contribution < -0.4 is 9.79 Å². The van der Waals surface area contributed by atoms with Crippen LogP contribution in [0.3, 0.4) is 0 Å². The van der Waals surface area contributed by atoms with Gasteiger partial charge in [0.1, 0.15) is 4.83 Å². The molecule has 0 aliphatic heterocycles. The third-order valence-electron chi connectivity index (χ3n) is 3.82. The van der Waals surface area contributed by atoms with Crippen LogP contribution in [0.4, 0.5) is 0 Å². The number of nitrogens with zero attached hydrogens (tertiary/aromatic N) is 2. The topological polar surface area (TPSA) is 70.0 Å². The van der Waals surface area contributed by atoms with Gasteiger partial charge in [0.05, 0.1) is 10.1 Å². The molecule has 8 heteroatoms. The summed E-state index contributed by atoms with van der Waals surface area (Å²) in [6.45, 7) is 1.95. The van der Waals surface area contributed by atoms with Gasteiger partial charge in [-0.25, -0.2) is 0 Å². The summed E-state index contributed by atoms with van der Waals surface area (Å²) in [5, 5.41) is 15.8. The number of aromatic nitrogens is 2. The van der Waals surface area contributed by atoms with Crippen LogP contribution in [0.15, 0.2) is 57.5 Å². The molecule has 0 saturated heterocycles. The highest BCUT2D eigenvalue weighted by molar-refractivity contribution is 9.12. The van der Waals surface area contributed by atoms with Gasteiger partial charge in [0.2, 0.25) is 11.5 Å². The van der Waals surface area contributed by atoms with Crippen LogP contribution in [0.5, 0.6) is 5.95 Å². The van der Waals surface area contributed by atoms with Gasteiger partial charge in [-0.05, 0) is 29.3 Å². The smallest absolute Gasteiger partial charge is 0.307 e. The minimum Gasteiger partial charge on any atom is -0.539 e. The molecule has 0 fully saturated rings. The lowest BCUT2D eigenvalue weighted by Gasteiger charge is -2.15. The standard InChI is InChI=1S/C18H13Br3N2O3/c1-10-2-8-13(9-3-10)23-16(18(25)26-22-23)17(24)15(21)14(20)11-4-6-12(19)7-5-11/h2-9,14-15H,1H3. The maximum Gasteiger partial charge on any atom is 0.307 e. The Bertz CT molecular complexity index is 924. The molecule has 2 unspecified atom stereocenters. The average molecular weight is 545 g/mol. The van der Waals surface area contributed by atoms with Gasteiger partial charge in [-0.15, -0.1) is 0 Å². The number of carbonyl (C=O) groups is 1. The molecule has 0 spiro atoms. The summed E-state index contributed by atoms with van der Waals surface area (Å²) in [6.07, 6.45) is 0. The fraction of sp³-hybridized carbons (Fsp3) is 0.167. The quantitative estimate of drug-likeness (QED) is 0.274. The Morgan fingerprint density at radius 2 is 1.73 bits per heavy atom. The van der Waals surface area contributed by atoms with Gasteiger partial charge in [0, 0.05) is 16.6 Å². The number of benzene rings is 2. The molecule has 1 aromatic heterocycles. The molecule has 134 valence electrons. The van der Waals surface area contributed by atoms with E-state index in [0.717, 1.165) is 15.6 Å². The molecule has 5 nitrogen and oxygen atoms in total. The van der Waals surface area contributed by atoms with E-state index in [1.165, 1.54) is 4.68 Å². The Labute approximate surface area is 175 Å². The van der Waals surface area contributed by atoms with Crippen LogP contribution in [0.1, 0.15) is 26.4 Å². The maximum atomic E-state index is 13.0. The summed E-state index contributed by atoms with van der Waals surface area (Å²) in [7, 11) is 0. The number of hydrogen-bond acceptors (Lipinski definition) is 4. The zero-order valence-corrected chi connectivity index (χ0v) is 18.3. The van der Waals surface area contributed by atoms with Gasteiger partial charge < -0.3 is 9.63 Å². The molecule has 0 aliphatic rings. The zero-order valence-electron chi connectivity index (χ0n) is 13.5. The third kappa shape index (κ3) is 3.92. The van der Waals surface area contributed by atoms with Crippen molar-refractivity contribution in [3.05, 3.63) is 69.8 Å². The summed E-state index contributed by atoms with van der Waals surface area (Å²) in [6, 6.07) is 14.9. The first-order valence-corrected chi connectivity index (χ1v) is 10.2. The number of rotatable bonds is 5. The van der Waals surface area contributed by atoms with E-state index in [-0.39, 0.29) is 10.5 Å². The lowest BCUT2D eigenvalue weighted by atomic mass is 10.1. The fourth-order valence-corrected chi connectivity index (χ4v) is 3.73. The first kappa shape index (κ1) is 19.3. The van der Waals surface area contributed by atoms with Crippen molar-refractivity contribution in [3.63, 3.8) is 0 Å². The van der Waals surface area contributed by atoms with Crippen molar-refractivity contribution in [2.45, 2.75) is 16.6 Å². The van der Waals surface area contributed by atoms with E-state index in [1.54, 1.807) is 12.1 Å². The normalized spacial score (nSPS) is 13.4. The number of carbonyl (C=O) groups excluding carboxylic acids is 1. The molecule has 0 saturated carbocycles. The highest BCUT2D eigenvalue weighted by atomic mass is 79.9. The lowest BCUT2D eigenvalue weighted by molar-refractivity contribution is -0.672. The van der Waals surface area contributed by atoms with E-state index in [0.29, 0.717) is 5.69 Å². The van der Waals surface area contributed by atoms with Crippen molar-refractivity contribution < 1.29 is 19.1 Å². The van der Waals surface area contributed by atoms with Gasteiger partial charge in [-0.3, -0.25) is 4.79 Å². The Morgan fingerprint density at radius 1 is 1.12 bits per heavy atom. The maximum absolute atomic E-state index is 13.0. The monoisotopic (exact) mass is 542 g/mol. The molecular formula is C18H13Br3N2O3. The molecule has 2 atom stereocenters. The second kappa shape index (κ2) is 8.02. The van der Waals surface area contributed by atoms with Crippen LogP contribution in [0, 0.1) is 6.92 Å². The van der Waals surface area contributed by atoms with Crippen molar-refractivity contribution in [2.24, 2.45) is 0 Å². The number of alkyl halides is 2. The Balaban J connectivity index is 1.93. The number of aryl methyl sites for hydroxylation is 1.